The first-order valence-corrected chi connectivity index (χ1v) is 6.41. The summed E-state index contributed by atoms with van der Waals surface area (Å²) >= 11 is 0. The Kier molecular flexibility index (Phi) is 3.19. The number of amidine groups is 1. The summed E-state index contributed by atoms with van der Waals surface area (Å²) in [6, 6.07) is 6.39. The van der Waals surface area contributed by atoms with E-state index in [0.717, 1.165) is 37.3 Å². The molecule has 0 unspecified atom stereocenters. The lowest BCUT2D eigenvalue weighted by atomic mass is 9.93. The Morgan fingerprint density at radius 2 is 1.83 bits per heavy atom. The molecule has 1 aromatic rings. The molecule has 0 atom stereocenters. The van der Waals surface area contributed by atoms with Crippen LogP contribution in [-0.4, -0.2) is 31.2 Å². The Balaban J connectivity index is 1.75. The van der Waals surface area contributed by atoms with Crippen LogP contribution in [0.25, 0.3) is 0 Å². The maximum absolute atomic E-state index is 12.9. The Morgan fingerprint density at radius 3 is 2.56 bits per heavy atom. The van der Waals surface area contributed by atoms with E-state index in [0.29, 0.717) is 12.5 Å². The molecule has 4 heteroatoms. The molecule has 18 heavy (non-hydrogen) atoms. The summed E-state index contributed by atoms with van der Waals surface area (Å²) in [5, 5.41) is 3.35. The van der Waals surface area contributed by atoms with Crippen molar-refractivity contribution in [3.8, 4) is 0 Å². The number of hydrogen-bond donors (Lipinski definition) is 1. The molecule has 3 rings (SSSR count). The smallest absolute Gasteiger partial charge is 0.154 e. The van der Waals surface area contributed by atoms with Crippen molar-refractivity contribution in [2.75, 3.05) is 19.6 Å². The molecule has 94 valence electrons. The largest absolute Gasteiger partial charge is 0.317 e. The summed E-state index contributed by atoms with van der Waals surface area (Å²) in [6.45, 7) is 2.84. The lowest BCUT2D eigenvalue weighted by Crippen LogP contribution is -2.32. The molecule has 1 fully saturated rings. The van der Waals surface area contributed by atoms with Gasteiger partial charge in [0.15, 0.2) is 5.84 Å². The molecule has 0 radical (unpaired) electrons. The van der Waals surface area contributed by atoms with Crippen molar-refractivity contribution in [1.29, 1.82) is 0 Å². The zero-order valence-electron chi connectivity index (χ0n) is 10.2. The second-order valence-corrected chi connectivity index (χ2v) is 4.77. The van der Waals surface area contributed by atoms with Gasteiger partial charge in [-0.05, 0) is 50.2 Å². The molecule has 0 bridgehead atoms. The van der Waals surface area contributed by atoms with Crippen LogP contribution in [0.5, 0.6) is 0 Å². The molecule has 0 aliphatic carbocycles. The summed E-state index contributed by atoms with van der Waals surface area (Å²) in [5.74, 6) is 1.09. The highest BCUT2D eigenvalue weighted by Gasteiger charge is 2.22. The summed E-state index contributed by atoms with van der Waals surface area (Å²) in [5.41, 5.74) is 2.09. The van der Waals surface area contributed by atoms with E-state index in [1.54, 1.807) is 12.1 Å². The number of piperidine rings is 1. The van der Waals surface area contributed by atoms with Gasteiger partial charge in [-0.15, -0.1) is 0 Å². The van der Waals surface area contributed by atoms with E-state index in [1.807, 2.05) is 0 Å². The average molecular weight is 245 g/mol. The number of aliphatic imine (C=N–C) groups is 2. The number of nitrogens with one attached hydrogen (secondary N) is 1. The van der Waals surface area contributed by atoms with E-state index in [1.165, 1.54) is 17.8 Å². The van der Waals surface area contributed by atoms with Crippen LogP contribution in [0, 0.1) is 11.7 Å². The van der Waals surface area contributed by atoms with E-state index < -0.39 is 0 Å². The third kappa shape index (κ3) is 2.34. The lowest BCUT2D eigenvalue weighted by Gasteiger charge is -2.22. The maximum Gasteiger partial charge on any atom is 0.154 e. The van der Waals surface area contributed by atoms with Crippen LogP contribution in [0.15, 0.2) is 34.3 Å². The normalized spacial score (nSPS) is 20.7. The highest BCUT2D eigenvalue weighted by atomic mass is 19.1. The summed E-state index contributed by atoms with van der Waals surface area (Å²) < 4.78 is 12.9. The molecule has 1 aromatic carbocycles. The van der Waals surface area contributed by atoms with Gasteiger partial charge in [-0.2, -0.15) is 0 Å². The van der Waals surface area contributed by atoms with Crippen molar-refractivity contribution in [2.45, 2.75) is 12.8 Å². The molecule has 2 aliphatic heterocycles. The molecule has 0 aromatic heterocycles. The average Bonchev–Trinajstić information content (AvgIpc) is 2.90. The van der Waals surface area contributed by atoms with Gasteiger partial charge in [0.05, 0.1) is 6.54 Å². The third-order valence-electron chi connectivity index (χ3n) is 3.55. The Bertz CT molecular complexity index is 484. The fraction of sp³-hybridized carbons (Fsp3) is 0.429. The van der Waals surface area contributed by atoms with Crippen molar-refractivity contribution in [3.05, 3.63) is 35.6 Å². The molecular weight excluding hydrogens is 229 g/mol. The van der Waals surface area contributed by atoms with Crippen LogP contribution < -0.4 is 5.32 Å². The molecule has 2 heterocycles. The SMILES string of the molecule is Fc1ccc(C2=NCC(C3CCNCC3)=N2)cc1. The lowest BCUT2D eigenvalue weighted by molar-refractivity contribution is 0.455. The van der Waals surface area contributed by atoms with Crippen LogP contribution in [0.1, 0.15) is 18.4 Å². The second kappa shape index (κ2) is 4.98. The molecule has 3 nitrogen and oxygen atoms in total. The third-order valence-corrected chi connectivity index (χ3v) is 3.55. The van der Waals surface area contributed by atoms with Gasteiger partial charge in [0.2, 0.25) is 0 Å². The quantitative estimate of drug-likeness (QED) is 0.850. The summed E-state index contributed by atoms with van der Waals surface area (Å²) in [6.07, 6.45) is 2.29. The van der Waals surface area contributed by atoms with Crippen molar-refractivity contribution < 1.29 is 4.39 Å². The molecule has 0 amide bonds. The molecule has 0 saturated carbocycles. The van der Waals surface area contributed by atoms with E-state index in [4.69, 9.17) is 0 Å². The van der Waals surface area contributed by atoms with Gasteiger partial charge in [-0.1, -0.05) is 0 Å². The van der Waals surface area contributed by atoms with Crippen LogP contribution in [0.2, 0.25) is 0 Å². The minimum atomic E-state index is -0.222. The van der Waals surface area contributed by atoms with Gasteiger partial charge in [-0.25, -0.2) is 9.38 Å². The second-order valence-electron chi connectivity index (χ2n) is 4.77. The van der Waals surface area contributed by atoms with Crippen LogP contribution >= 0.6 is 0 Å². The standard InChI is InChI=1S/C14H16FN3/c15-12-3-1-11(2-4-12)14-17-9-13(18-14)10-5-7-16-8-6-10/h1-4,10,16H,5-9H2. The van der Waals surface area contributed by atoms with Crippen molar-refractivity contribution in [3.63, 3.8) is 0 Å². The fourth-order valence-corrected chi connectivity index (χ4v) is 2.49. The van der Waals surface area contributed by atoms with Crippen LogP contribution in [0.3, 0.4) is 0 Å². The predicted octanol–water partition coefficient (Wildman–Crippen LogP) is 2.03. The Morgan fingerprint density at radius 1 is 1.11 bits per heavy atom. The van der Waals surface area contributed by atoms with Gasteiger partial charge in [0.1, 0.15) is 5.82 Å². The van der Waals surface area contributed by atoms with Gasteiger partial charge >= 0.3 is 0 Å². The minimum Gasteiger partial charge on any atom is -0.317 e. The van der Waals surface area contributed by atoms with Crippen molar-refractivity contribution in [1.82, 2.24) is 5.32 Å². The number of hydrogen-bond acceptors (Lipinski definition) is 3. The first kappa shape index (κ1) is 11.5. The van der Waals surface area contributed by atoms with E-state index >= 15 is 0 Å². The number of nitrogens with zero attached hydrogens (tertiary/aromatic N) is 2. The van der Waals surface area contributed by atoms with Crippen LogP contribution in [0.4, 0.5) is 4.39 Å². The first-order chi connectivity index (χ1) is 8.83. The van der Waals surface area contributed by atoms with Gasteiger partial charge < -0.3 is 5.32 Å². The zero-order valence-corrected chi connectivity index (χ0v) is 10.2. The summed E-state index contributed by atoms with van der Waals surface area (Å²) in [4.78, 5) is 9.09. The van der Waals surface area contributed by atoms with Crippen molar-refractivity contribution in [2.24, 2.45) is 15.9 Å². The highest BCUT2D eigenvalue weighted by molar-refractivity contribution is 6.12. The van der Waals surface area contributed by atoms with E-state index in [-0.39, 0.29) is 5.82 Å². The number of rotatable bonds is 2. The first-order valence-electron chi connectivity index (χ1n) is 6.41. The molecular formula is C14H16FN3. The topological polar surface area (TPSA) is 36.8 Å². The molecule has 2 aliphatic rings. The highest BCUT2D eigenvalue weighted by Crippen LogP contribution is 2.19. The van der Waals surface area contributed by atoms with Gasteiger partial charge in [0, 0.05) is 17.2 Å². The van der Waals surface area contributed by atoms with E-state index in [2.05, 4.69) is 15.3 Å². The number of benzene rings is 1. The van der Waals surface area contributed by atoms with Crippen LogP contribution in [-0.2, 0) is 0 Å². The molecule has 1 saturated heterocycles. The van der Waals surface area contributed by atoms with E-state index in [9.17, 15) is 4.39 Å². The fourth-order valence-electron chi connectivity index (χ4n) is 2.49. The summed E-state index contributed by atoms with van der Waals surface area (Å²) in [7, 11) is 0. The molecule has 0 spiro atoms. The van der Waals surface area contributed by atoms with Gasteiger partial charge in [0.25, 0.3) is 0 Å². The Hall–Kier alpha value is -1.55. The minimum absolute atomic E-state index is 0.222. The maximum atomic E-state index is 12.9. The predicted molar refractivity (Wildman–Crippen MR) is 70.8 cm³/mol. The van der Waals surface area contributed by atoms with Crippen molar-refractivity contribution >= 4 is 11.5 Å². The van der Waals surface area contributed by atoms with Gasteiger partial charge in [-0.3, -0.25) is 4.99 Å². The Labute approximate surface area is 106 Å². The monoisotopic (exact) mass is 245 g/mol. The number of halogens is 1. The zero-order chi connectivity index (χ0) is 12.4. The molecule has 1 N–H and O–H groups in total.